The van der Waals surface area contributed by atoms with Gasteiger partial charge in [0, 0.05) is 9.92 Å². The minimum Gasteiger partial charge on any atom is -0.495 e. The summed E-state index contributed by atoms with van der Waals surface area (Å²) < 4.78 is 23.1. The molecule has 1 heterocycles. The first-order valence-electron chi connectivity index (χ1n) is 7.74. The first kappa shape index (κ1) is 18.2. The predicted octanol–water partition coefficient (Wildman–Crippen LogP) is 4.50. The Hall–Kier alpha value is -2.57. The van der Waals surface area contributed by atoms with E-state index in [1.165, 1.54) is 7.11 Å². The van der Waals surface area contributed by atoms with Crippen LogP contribution in [0.25, 0.3) is 0 Å². The molecule has 0 aliphatic rings. The van der Waals surface area contributed by atoms with Gasteiger partial charge in [-0.15, -0.1) is 0 Å². The highest BCUT2D eigenvalue weighted by atomic mass is 35.5. The Labute approximate surface area is 158 Å². The third-order valence-electron chi connectivity index (χ3n) is 3.59. The third kappa shape index (κ3) is 4.33. The molecule has 26 heavy (non-hydrogen) atoms. The van der Waals surface area contributed by atoms with Crippen molar-refractivity contribution in [2.75, 3.05) is 12.4 Å². The summed E-state index contributed by atoms with van der Waals surface area (Å²) in [6, 6.07) is 17.1. The lowest BCUT2D eigenvalue weighted by atomic mass is 10.3. The summed E-state index contributed by atoms with van der Waals surface area (Å²) in [7, 11) is 0.240. The topological polar surface area (TPSA) is 68.5 Å². The van der Waals surface area contributed by atoms with Gasteiger partial charge in [0.25, 0.3) is 5.91 Å². The summed E-state index contributed by atoms with van der Waals surface area (Å²) in [5, 5.41) is 3.32. The number of furan rings is 1. The second-order valence-electron chi connectivity index (χ2n) is 5.36. The fourth-order valence-electron chi connectivity index (χ4n) is 2.31. The molecule has 3 rings (SSSR count). The van der Waals surface area contributed by atoms with Crippen molar-refractivity contribution in [3.05, 3.63) is 77.2 Å². The largest absolute Gasteiger partial charge is 0.495 e. The number of hydrogen-bond acceptors (Lipinski definition) is 4. The van der Waals surface area contributed by atoms with Gasteiger partial charge in [-0.05, 0) is 48.5 Å². The van der Waals surface area contributed by atoms with E-state index in [0.717, 1.165) is 0 Å². The maximum absolute atomic E-state index is 12.4. The molecular formula is C19H16ClNO4S. The Bertz CT molecular complexity index is 937. The first-order valence-corrected chi connectivity index (χ1v) is 9.43. The standard InChI is InChI=1S/C19H16ClNO4S/c1-24-17-5-3-2-4-16(17)21-19(22)18-11-8-14(25-18)12-26(23)15-9-6-13(20)7-10-15/h2-11H,12H2,1H3,(H,21,22)/t26-/m1/s1. The molecule has 1 N–H and O–H groups in total. The fraction of sp³-hybridized carbons (Fsp3) is 0.105. The molecular weight excluding hydrogens is 374 g/mol. The average Bonchev–Trinajstić information content (AvgIpc) is 3.11. The first-order chi connectivity index (χ1) is 12.6. The van der Waals surface area contributed by atoms with Gasteiger partial charge in [0.05, 0.1) is 29.3 Å². The van der Waals surface area contributed by atoms with Gasteiger partial charge in [0.1, 0.15) is 11.5 Å². The van der Waals surface area contributed by atoms with Crippen LogP contribution in [0.4, 0.5) is 5.69 Å². The van der Waals surface area contributed by atoms with Crippen LogP contribution in [0.2, 0.25) is 5.02 Å². The lowest BCUT2D eigenvalue weighted by Gasteiger charge is -2.08. The highest BCUT2D eigenvalue weighted by molar-refractivity contribution is 7.84. The second kappa shape index (κ2) is 8.21. The zero-order chi connectivity index (χ0) is 18.5. The highest BCUT2D eigenvalue weighted by Crippen LogP contribution is 2.24. The summed E-state index contributed by atoms with van der Waals surface area (Å²) >= 11 is 5.83. The molecule has 0 saturated carbocycles. The smallest absolute Gasteiger partial charge is 0.291 e. The summed E-state index contributed by atoms with van der Waals surface area (Å²) in [5.41, 5.74) is 0.544. The second-order valence-corrected chi connectivity index (χ2v) is 7.25. The van der Waals surface area contributed by atoms with Gasteiger partial charge in [0.2, 0.25) is 0 Å². The van der Waals surface area contributed by atoms with E-state index in [2.05, 4.69) is 5.32 Å². The van der Waals surface area contributed by atoms with E-state index in [0.29, 0.717) is 27.1 Å². The molecule has 1 amide bonds. The van der Waals surface area contributed by atoms with Crippen molar-refractivity contribution in [2.24, 2.45) is 0 Å². The zero-order valence-corrected chi connectivity index (χ0v) is 15.5. The number of anilines is 1. The number of benzene rings is 2. The number of carbonyl (C=O) groups excluding carboxylic acids is 1. The third-order valence-corrected chi connectivity index (χ3v) is 5.19. The number of halogens is 1. The van der Waals surface area contributed by atoms with Gasteiger partial charge < -0.3 is 14.5 Å². The van der Waals surface area contributed by atoms with Gasteiger partial charge in [0.15, 0.2) is 5.76 Å². The van der Waals surface area contributed by atoms with E-state index >= 15 is 0 Å². The molecule has 0 radical (unpaired) electrons. The van der Waals surface area contributed by atoms with Gasteiger partial charge in [-0.3, -0.25) is 9.00 Å². The highest BCUT2D eigenvalue weighted by Gasteiger charge is 2.15. The predicted molar refractivity (Wildman–Crippen MR) is 101 cm³/mol. The number of carbonyl (C=O) groups is 1. The van der Waals surface area contributed by atoms with Crippen LogP contribution in [0, 0.1) is 0 Å². The zero-order valence-electron chi connectivity index (χ0n) is 13.9. The molecule has 0 saturated heterocycles. The maximum Gasteiger partial charge on any atom is 0.291 e. The molecule has 134 valence electrons. The molecule has 0 bridgehead atoms. The number of ether oxygens (including phenoxy) is 1. The van der Waals surface area contributed by atoms with Gasteiger partial charge in [-0.1, -0.05) is 23.7 Å². The van der Waals surface area contributed by atoms with E-state index < -0.39 is 16.7 Å². The van der Waals surface area contributed by atoms with Crippen LogP contribution >= 0.6 is 11.6 Å². The molecule has 0 fully saturated rings. The summed E-state index contributed by atoms with van der Waals surface area (Å²) in [4.78, 5) is 13.0. The molecule has 2 aromatic carbocycles. The Morgan fingerprint density at radius 2 is 1.85 bits per heavy atom. The molecule has 1 aromatic heterocycles. The van der Waals surface area contributed by atoms with E-state index in [1.807, 2.05) is 6.07 Å². The SMILES string of the molecule is COc1ccccc1NC(=O)c1ccc(C[S@@](=O)c2ccc(Cl)cc2)o1. The lowest BCUT2D eigenvalue weighted by molar-refractivity contribution is 0.0995. The Kier molecular flexibility index (Phi) is 5.75. The molecule has 7 heteroatoms. The van der Waals surface area contributed by atoms with Crippen LogP contribution in [0.15, 0.2) is 70.0 Å². The summed E-state index contributed by atoms with van der Waals surface area (Å²) in [6.07, 6.45) is 0. The van der Waals surface area contributed by atoms with Crippen molar-refractivity contribution in [1.82, 2.24) is 0 Å². The van der Waals surface area contributed by atoms with Crippen LogP contribution in [-0.4, -0.2) is 17.2 Å². The number of methoxy groups -OCH3 is 1. The molecule has 0 spiro atoms. The van der Waals surface area contributed by atoms with Crippen LogP contribution < -0.4 is 10.1 Å². The number of para-hydroxylation sites is 2. The summed E-state index contributed by atoms with van der Waals surface area (Å²) in [5.74, 6) is 0.917. The van der Waals surface area contributed by atoms with Crippen LogP contribution in [0.1, 0.15) is 16.3 Å². The molecule has 3 aromatic rings. The van der Waals surface area contributed by atoms with Crippen LogP contribution in [0.3, 0.4) is 0 Å². The van der Waals surface area contributed by atoms with Crippen molar-refractivity contribution in [3.63, 3.8) is 0 Å². The van der Waals surface area contributed by atoms with E-state index in [1.54, 1.807) is 54.6 Å². The molecule has 0 aliphatic carbocycles. The molecule has 5 nitrogen and oxygen atoms in total. The van der Waals surface area contributed by atoms with Crippen molar-refractivity contribution in [2.45, 2.75) is 10.6 Å². The van der Waals surface area contributed by atoms with E-state index in [9.17, 15) is 9.00 Å². The van der Waals surface area contributed by atoms with Crippen LogP contribution in [-0.2, 0) is 16.6 Å². The van der Waals surface area contributed by atoms with E-state index in [4.69, 9.17) is 20.8 Å². The van der Waals surface area contributed by atoms with E-state index in [-0.39, 0.29) is 11.5 Å². The maximum atomic E-state index is 12.4. The lowest BCUT2D eigenvalue weighted by Crippen LogP contribution is -2.11. The molecule has 0 aliphatic heterocycles. The van der Waals surface area contributed by atoms with Crippen LogP contribution in [0.5, 0.6) is 5.75 Å². The fourth-order valence-corrected chi connectivity index (χ4v) is 3.45. The minimum absolute atomic E-state index is 0.138. The van der Waals surface area contributed by atoms with Gasteiger partial charge in [-0.25, -0.2) is 0 Å². The molecule has 0 unspecified atom stereocenters. The van der Waals surface area contributed by atoms with Crippen molar-refractivity contribution < 1.29 is 18.2 Å². The average molecular weight is 390 g/mol. The Morgan fingerprint density at radius 1 is 1.12 bits per heavy atom. The monoisotopic (exact) mass is 389 g/mol. The molecule has 1 atom stereocenters. The number of nitrogens with one attached hydrogen (secondary N) is 1. The van der Waals surface area contributed by atoms with Gasteiger partial charge in [-0.2, -0.15) is 0 Å². The number of amides is 1. The number of rotatable bonds is 6. The quantitative estimate of drug-likeness (QED) is 0.673. The van der Waals surface area contributed by atoms with Crippen molar-refractivity contribution in [3.8, 4) is 5.75 Å². The Morgan fingerprint density at radius 3 is 2.58 bits per heavy atom. The van der Waals surface area contributed by atoms with Gasteiger partial charge >= 0.3 is 0 Å². The minimum atomic E-state index is -1.29. The van der Waals surface area contributed by atoms with Crippen molar-refractivity contribution >= 4 is 34.0 Å². The number of hydrogen-bond donors (Lipinski definition) is 1. The van der Waals surface area contributed by atoms with Crippen molar-refractivity contribution in [1.29, 1.82) is 0 Å². The Balaban J connectivity index is 1.68. The normalized spacial score (nSPS) is 11.8. The summed E-state index contributed by atoms with van der Waals surface area (Å²) in [6.45, 7) is 0.